The van der Waals surface area contributed by atoms with Crippen molar-refractivity contribution >= 4 is 38.7 Å². The van der Waals surface area contributed by atoms with Gasteiger partial charge in [0.05, 0.1) is 14.4 Å². The second-order valence-electron chi connectivity index (χ2n) is 9.89. The maximum absolute atomic E-state index is 4.08. The first-order valence-corrected chi connectivity index (χ1v) is 17.0. The number of anilines is 1. The van der Waals surface area contributed by atoms with Crippen molar-refractivity contribution in [2.75, 3.05) is 16.9 Å². The average molecular weight is 491 g/mol. The molecule has 3 aromatic rings. The molecule has 1 saturated heterocycles. The Morgan fingerprint density at radius 2 is 1.12 bits per heavy atom. The van der Waals surface area contributed by atoms with Crippen molar-refractivity contribution in [3.05, 3.63) is 90.0 Å². The van der Waals surface area contributed by atoms with Crippen LogP contribution in [0, 0.1) is 0 Å². The summed E-state index contributed by atoms with van der Waals surface area (Å²) in [6, 6.07) is 29.2. The van der Waals surface area contributed by atoms with Crippen molar-refractivity contribution in [3.8, 4) is 0 Å². The standard InChI is InChI=1S/C24H27NP.C4H8O.2CH3.Al/c1-18(2)22-16-11-17-23(19(3)4)24(22)25-26(20-12-7-5-8-13-20)21-14-9-6-10-15-21;1-2-4-5-3-1;;;/h5-19H,1-4H3;1-4H2;2*1H3;/q-1;;;;/p+1. The van der Waals surface area contributed by atoms with Crippen LogP contribution in [0.3, 0.4) is 0 Å². The van der Waals surface area contributed by atoms with Gasteiger partial charge in [0.25, 0.3) is 0 Å². The average Bonchev–Trinajstić information content (AvgIpc) is 3.43. The summed E-state index contributed by atoms with van der Waals surface area (Å²) < 4.78 is 6.94. The van der Waals surface area contributed by atoms with Crippen LogP contribution in [0.15, 0.2) is 78.9 Å². The molecule has 34 heavy (non-hydrogen) atoms. The number of para-hydroxylation sites is 1. The van der Waals surface area contributed by atoms with E-state index < -0.39 is 22.4 Å². The van der Waals surface area contributed by atoms with Gasteiger partial charge in [-0.1, -0.05) is 107 Å². The van der Waals surface area contributed by atoms with E-state index in [1.807, 2.05) is 0 Å². The van der Waals surface area contributed by atoms with Gasteiger partial charge < -0.3 is 8.39 Å². The highest BCUT2D eigenvalue weighted by Gasteiger charge is 2.24. The highest BCUT2D eigenvalue weighted by molar-refractivity contribution is 7.76. The molecular weight excluding hydrogens is 448 g/mol. The van der Waals surface area contributed by atoms with Crippen molar-refractivity contribution in [2.24, 2.45) is 0 Å². The van der Waals surface area contributed by atoms with E-state index in [1.165, 1.54) is 40.3 Å². The highest BCUT2D eigenvalue weighted by atomic mass is 31.1. The lowest BCUT2D eigenvalue weighted by molar-refractivity contribution is 0.0102. The molecule has 0 spiro atoms. The highest BCUT2D eigenvalue weighted by Crippen LogP contribution is 2.48. The first kappa shape index (κ1) is 27.0. The van der Waals surface area contributed by atoms with Crippen LogP contribution >= 0.6 is 8.07 Å². The van der Waals surface area contributed by atoms with Crippen LogP contribution in [0.4, 0.5) is 5.69 Å². The molecule has 1 heterocycles. The third kappa shape index (κ3) is 6.96. The summed E-state index contributed by atoms with van der Waals surface area (Å²) in [5.74, 6) is 5.95. The van der Waals surface area contributed by atoms with Crippen LogP contribution in [-0.2, 0) is 0 Å². The van der Waals surface area contributed by atoms with Crippen LogP contribution < -0.4 is 14.3 Å². The first-order chi connectivity index (χ1) is 16.4. The van der Waals surface area contributed by atoms with Crippen LogP contribution in [0.25, 0.3) is 0 Å². The minimum atomic E-state index is -1.19. The minimum Gasteiger partial charge on any atom is -0.589 e. The number of rotatable bonds is 7. The zero-order chi connectivity index (χ0) is 24.5. The third-order valence-electron chi connectivity index (χ3n) is 6.16. The van der Waals surface area contributed by atoms with Crippen molar-refractivity contribution in [2.45, 2.75) is 63.9 Å². The molecule has 1 aliphatic heterocycles. The maximum atomic E-state index is 4.08. The molecule has 2 nitrogen and oxygen atoms in total. The van der Waals surface area contributed by atoms with Crippen molar-refractivity contribution in [1.82, 2.24) is 0 Å². The fourth-order valence-corrected chi connectivity index (χ4v) is 10.1. The molecule has 4 rings (SSSR count). The van der Waals surface area contributed by atoms with Gasteiger partial charge in [-0.25, -0.2) is 11.6 Å². The lowest BCUT2D eigenvalue weighted by atomic mass is 9.93. The molecule has 0 bridgehead atoms. The second kappa shape index (κ2) is 13.5. The molecule has 0 saturated carbocycles. The van der Waals surface area contributed by atoms with Gasteiger partial charge in [0.15, 0.2) is 0 Å². The van der Waals surface area contributed by atoms with Crippen molar-refractivity contribution < 1.29 is 4.74 Å². The molecule has 0 atom stereocenters. The molecule has 3 aromatic carbocycles. The Bertz CT molecular complexity index is 914. The third-order valence-corrected chi connectivity index (χ3v) is 11.7. The van der Waals surface area contributed by atoms with E-state index >= 15 is 0 Å². The molecule has 181 valence electrons. The van der Waals surface area contributed by atoms with Crippen LogP contribution in [0.5, 0.6) is 0 Å². The molecule has 1 radical (unpaired) electrons. The molecule has 0 amide bonds. The summed E-state index contributed by atoms with van der Waals surface area (Å²) in [6.07, 6.45) is 2.67. The molecule has 0 unspecified atom stereocenters. The molecule has 0 aliphatic carbocycles. The quantitative estimate of drug-likeness (QED) is 0.192. The summed E-state index contributed by atoms with van der Waals surface area (Å²) in [5, 5.41) is 2.87. The van der Waals surface area contributed by atoms with E-state index in [2.05, 4.69) is 127 Å². The van der Waals surface area contributed by atoms with Gasteiger partial charge in [0.2, 0.25) is 0 Å². The van der Waals surface area contributed by atoms with Crippen LogP contribution in [-0.4, -0.2) is 32.3 Å². The Balaban J connectivity index is 0.000000574. The SMILES string of the molecule is C1CC[OH+]C1.CC(C)c1cccc(C(C)C)c1[N]([Al-]([CH3])[CH3])P(c1ccccc1)c1ccccc1. The predicted octanol–water partition coefficient (Wildman–Crippen LogP) is 7.35. The monoisotopic (exact) mass is 490 g/mol. The molecule has 1 aliphatic rings. The van der Waals surface area contributed by atoms with E-state index in [-0.39, 0.29) is 0 Å². The van der Waals surface area contributed by atoms with Gasteiger partial charge >= 0.3 is 0 Å². The fraction of sp³-hybridized carbons (Fsp3) is 0.400. The van der Waals surface area contributed by atoms with Gasteiger partial charge in [-0.15, -0.1) is 0 Å². The number of benzene rings is 3. The Morgan fingerprint density at radius 1 is 0.676 bits per heavy atom. The normalized spacial score (nSPS) is 13.5. The summed E-state index contributed by atoms with van der Waals surface area (Å²) in [6.45, 7) is 11.6. The summed E-state index contributed by atoms with van der Waals surface area (Å²) >= 11 is -1.19. The van der Waals surface area contributed by atoms with Gasteiger partial charge in [-0.3, -0.25) is 0 Å². The van der Waals surface area contributed by atoms with Crippen LogP contribution in [0.2, 0.25) is 11.6 Å². The zero-order valence-corrected chi connectivity index (χ0v) is 24.0. The van der Waals surface area contributed by atoms with E-state index in [0.717, 1.165) is 13.2 Å². The lowest BCUT2D eigenvalue weighted by Crippen LogP contribution is -2.38. The maximum Gasteiger partial charge on any atom is 0.145 e. The Morgan fingerprint density at radius 3 is 1.44 bits per heavy atom. The van der Waals surface area contributed by atoms with E-state index in [4.69, 9.17) is 0 Å². The summed E-state index contributed by atoms with van der Waals surface area (Å²) in [4.78, 5) is 0. The largest absolute Gasteiger partial charge is 0.589 e. The number of hydrogen-bond donors (Lipinski definition) is 0. The van der Waals surface area contributed by atoms with Gasteiger partial charge in [0.1, 0.15) is 13.2 Å². The van der Waals surface area contributed by atoms with E-state index in [9.17, 15) is 0 Å². The van der Waals surface area contributed by atoms with Crippen LogP contribution in [0.1, 0.15) is 63.5 Å². The number of nitrogens with zero attached hydrogens (tertiary/aromatic N) is 1. The Hall–Kier alpha value is -1.62. The number of ether oxygens (including phenoxy) is 1. The predicted molar refractivity (Wildman–Crippen MR) is 155 cm³/mol. The molecule has 0 aromatic heterocycles. The second-order valence-corrected chi connectivity index (χ2v) is 15.1. The molecule has 4 heteroatoms. The topological polar surface area (TPSA) is 16.0 Å². The van der Waals surface area contributed by atoms with Crippen molar-refractivity contribution in [1.29, 1.82) is 0 Å². The fourth-order valence-electron chi connectivity index (χ4n) is 4.46. The van der Waals surface area contributed by atoms with Gasteiger partial charge in [-0.2, -0.15) is 0 Å². The number of aliphatic hydroxyl groups is 2. The van der Waals surface area contributed by atoms with E-state index in [0.29, 0.717) is 11.8 Å². The zero-order valence-electron chi connectivity index (χ0n) is 21.9. The lowest BCUT2D eigenvalue weighted by Gasteiger charge is -2.50. The van der Waals surface area contributed by atoms with Gasteiger partial charge in [-0.05, 0) is 47.3 Å². The molecule has 1 N–H and O–H groups in total. The Kier molecular flexibility index (Phi) is 10.7. The number of hydrogen-bond acceptors (Lipinski definition) is 1. The van der Waals surface area contributed by atoms with Gasteiger partial charge in [0, 0.05) is 12.8 Å². The first-order valence-electron chi connectivity index (χ1n) is 12.9. The smallest absolute Gasteiger partial charge is 0.145 e. The summed E-state index contributed by atoms with van der Waals surface area (Å²) in [7, 11) is -0.617. The molecular formula is C30H42AlNOP. The van der Waals surface area contributed by atoms with E-state index in [1.54, 1.807) is 0 Å². The molecule has 1 fully saturated rings. The minimum absolute atomic E-state index is 0.502. The van der Waals surface area contributed by atoms with Crippen molar-refractivity contribution in [3.63, 3.8) is 0 Å². The Labute approximate surface area is 213 Å². The summed E-state index contributed by atoms with van der Waals surface area (Å²) in [5.41, 5.74) is 4.46.